The number of piperidine rings is 1. The summed E-state index contributed by atoms with van der Waals surface area (Å²) in [7, 11) is 1.81. The standard InChI is InChI=1S/C14H30N2O/c1-13(2)11-15-7-4-8-16-9-5-14(6-10-16)12-17-3/h13-15H,4-12H2,1-3H3. The van der Waals surface area contributed by atoms with Crippen LogP contribution in [0.25, 0.3) is 0 Å². The molecule has 1 saturated heterocycles. The second-order valence-corrected chi connectivity index (χ2v) is 5.69. The van der Waals surface area contributed by atoms with Crippen molar-refractivity contribution in [2.75, 3.05) is 46.4 Å². The van der Waals surface area contributed by atoms with Crippen LogP contribution >= 0.6 is 0 Å². The summed E-state index contributed by atoms with van der Waals surface area (Å²) in [6.07, 6.45) is 3.90. The lowest BCUT2D eigenvalue weighted by atomic mass is 9.98. The van der Waals surface area contributed by atoms with E-state index in [-0.39, 0.29) is 0 Å². The molecule has 0 aliphatic carbocycles. The van der Waals surface area contributed by atoms with E-state index in [2.05, 4.69) is 24.1 Å². The Bertz CT molecular complexity index is 177. The van der Waals surface area contributed by atoms with Gasteiger partial charge in [0.15, 0.2) is 0 Å². The Balaban J connectivity index is 1.95. The van der Waals surface area contributed by atoms with Gasteiger partial charge in [0.1, 0.15) is 0 Å². The fraction of sp³-hybridized carbons (Fsp3) is 1.00. The number of hydrogen-bond acceptors (Lipinski definition) is 3. The maximum atomic E-state index is 5.22. The first-order valence-corrected chi connectivity index (χ1v) is 7.14. The Hall–Kier alpha value is -0.120. The monoisotopic (exact) mass is 242 g/mol. The molecule has 1 heterocycles. The van der Waals surface area contributed by atoms with E-state index in [0.29, 0.717) is 0 Å². The van der Waals surface area contributed by atoms with Crippen LogP contribution in [-0.4, -0.2) is 51.3 Å². The lowest BCUT2D eigenvalue weighted by Crippen LogP contribution is -2.36. The van der Waals surface area contributed by atoms with Crippen LogP contribution in [-0.2, 0) is 4.74 Å². The largest absolute Gasteiger partial charge is 0.384 e. The summed E-state index contributed by atoms with van der Waals surface area (Å²) in [5.74, 6) is 1.56. The number of methoxy groups -OCH3 is 1. The van der Waals surface area contributed by atoms with E-state index in [0.717, 1.165) is 31.5 Å². The minimum atomic E-state index is 0.764. The maximum absolute atomic E-state index is 5.22. The molecule has 0 saturated carbocycles. The van der Waals surface area contributed by atoms with Crippen LogP contribution in [0.15, 0.2) is 0 Å². The summed E-state index contributed by atoms with van der Waals surface area (Å²) in [6, 6.07) is 0. The second-order valence-electron chi connectivity index (χ2n) is 5.69. The zero-order valence-corrected chi connectivity index (χ0v) is 11.9. The van der Waals surface area contributed by atoms with Gasteiger partial charge in [0.05, 0.1) is 0 Å². The summed E-state index contributed by atoms with van der Waals surface area (Å²) < 4.78 is 5.22. The van der Waals surface area contributed by atoms with Gasteiger partial charge in [0.25, 0.3) is 0 Å². The molecule has 1 aliphatic heterocycles. The SMILES string of the molecule is COCC1CCN(CCCNCC(C)C)CC1. The van der Waals surface area contributed by atoms with Crippen LogP contribution in [0.5, 0.6) is 0 Å². The number of likely N-dealkylation sites (tertiary alicyclic amines) is 1. The van der Waals surface area contributed by atoms with E-state index in [1.807, 2.05) is 7.11 Å². The molecule has 1 rings (SSSR count). The number of ether oxygens (including phenoxy) is 1. The maximum Gasteiger partial charge on any atom is 0.0491 e. The fourth-order valence-corrected chi connectivity index (χ4v) is 2.43. The summed E-state index contributed by atoms with van der Waals surface area (Å²) in [4.78, 5) is 2.60. The zero-order valence-electron chi connectivity index (χ0n) is 11.9. The van der Waals surface area contributed by atoms with Crippen molar-refractivity contribution in [3.63, 3.8) is 0 Å². The molecule has 0 aromatic heterocycles. The third-order valence-corrected chi connectivity index (χ3v) is 3.49. The Morgan fingerprint density at radius 2 is 2.00 bits per heavy atom. The first-order valence-electron chi connectivity index (χ1n) is 7.14. The predicted molar refractivity (Wildman–Crippen MR) is 73.4 cm³/mol. The molecule has 3 heteroatoms. The van der Waals surface area contributed by atoms with Crippen molar-refractivity contribution >= 4 is 0 Å². The molecule has 0 unspecified atom stereocenters. The lowest BCUT2D eigenvalue weighted by Gasteiger charge is -2.31. The van der Waals surface area contributed by atoms with Gasteiger partial charge in [0, 0.05) is 13.7 Å². The Morgan fingerprint density at radius 3 is 2.59 bits per heavy atom. The average Bonchev–Trinajstić information content (AvgIpc) is 2.31. The molecule has 0 spiro atoms. The van der Waals surface area contributed by atoms with E-state index in [1.165, 1.54) is 38.9 Å². The molecule has 0 aromatic carbocycles. The zero-order chi connectivity index (χ0) is 12.5. The van der Waals surface area contributed by atoms with E-state index in [4.69, 9.17) is 4.74 Å². The molecule has 1 fully saturated rings. The van der Waals surface area contributed by atoms with Gasteiger partial charge in [-0.25, -0.2) is 0 Å². The lowest BCUT2D eigenvalue weighted by molar-refractivity contribution is 0.0991. The molecule has 3 nitrogen and oxygen atoms in total. The fourth-order valence-electron chi connectivity index (χ4n) is 2.43. The van der Waals surface area contributed by atoms with Crippen LogP contribution in [0.4, 0.5) is 0 Å². The topological polar surface area (TPSA) is 24.5 Å². The van der Waals surface area contributed by atoms with Crippen LogP contribution < -0.4 is 5.32 Å². The molecular weight excluding hydrogens is 212 g/mol. The van der Waals surface area contributed by atoms with E-state index in [1.54, 1.807) is 0 Å². The van der Waals surface area contributed by atoms with Gasteiger partial charge in [-0.05, 0) is 63.8 Å². The smallest absolute Gasteiger partial charge is 0.0491 e. The van der Waals surface area contributed by atoms with Gasteiger partial charge in [-0.1, -0.05) is 13.8 Å². The van der Waals surface area contributed by atoms with Gasteiger partial charge in [-0.3, -0.25) is 0 Å². The first-order chi connectivity index (χ1) is 8.22. The van der Waals surface area contributed by atoms with Crippen LogP contribution in [0.1, 0.15) is 33.1 Å². The van der Waals surface area contributed by atoms with Gasteiger partial charge in [-0.2, -0.15) is 0 Å². The quantitative estimate of drug-likeness (QED) is 0.659. The third-order valence-electron chi connectivity index (χ3n) is 3.49. The first kappa shape index (κ1) is 14.9. The summed E-state index contributed by atoms with van der Waals surface area (Å²) in [5, 5.41) is 3.51. The molecule has 0 bridgehead atoms. The highest BCUT2D eigenvalue weighted by Crippen LogP contribution is 2.17. The molecule has 1 aliphatic rings. The normalized spacial score (nSPS) is 19.1. The van der Waals surface area contributed by atoms with Crippen molar-refractivity contribution in [3.05, 3.63) is 0 Å². The molecular formula is C14H30N2O. The molecule has 0 amide bonds. The minimum Gasteiger partial charge on any atom is -0.384 e. The van der Waals surface area contributed by atoms with Crippen LogP contribution in [0.3, 0.4) is 0 Å². The molecule has 0 radical (unpaired) electrons. The van der Waals surface area contributed by atoms with Crippen molar-refractivity contribution in [2.45, 2.75) is 33.1 Å². The highest BCUT2D eigenvalue weighted by Gasteiger charge is 2.18. The van der Waals surface area contributed by atoms with Crippen molar-refractivity contribution in [1.29, 1.82) is 0 Å². The van der Waals surface area contributed by atoms with Crippen molar-refractivity contribution in [1.82, 2.24) is 10.2 Å². The Labute approximate surface area is 107 Å². The number of rotatable bonds is 8. The predicted octanol–water partition coefficient (Wildman–Crippen LogP) is 1.98. The number of nitrogens with one attached hydrogen (secondary N) is 1. The van der Waals surface area contributed by atoms with Crippen molar-refractivity contribution in [2.24, 2.45) is 11.8 Å². The van der Waals surface area contributed by atoms with E-state index < -0.39 is 0 Å². The number of hydrogen-bond donors (Lipinski definition) is 1. The average molecular weight is 242 g/mol. The second kappa shape index (κ2) is 8.90. The highest BCUT2D eigenvalue weighted by atomic mass is 16.5. The summed E-state index contributed by atoms with van der Waals surface area (Å²) in [6.45, 7) is 11.6. The molecule has 17 heavy (non-hydrogen) atoms. The van der Waals surface area contributed by atoms with Gasteiger partial charge in [-0.15, -0.1) is 0 Å². The summed E-state index contributed by atoms with van der Waals surface area (Å²) in [5.41, 5.74) is 0. The van der Waals surface area contributed by atoms with Crippen LogP contribution in [0.2, 0.25) is 0 Å². The molecule has 1 N–H and O–H groups in total. The molecule has 0 aromatic rings. The minimum absolute atomic E-state index is 0.764. The summed E-state index contributed by atoms with van der Waals surface area (Å²) >= 11 is 0. The van der Waals surface area contributed by atoms with Crippen molar-refractivity contribution < 1.29 is 4.74 Å². The molecule has 102 valence electrons. The van der Waals surface area contributed by atoms with E-state index in [9.17, 15) is 0 Å². The van der Waals surface area contributed by atoms with Gasteiger partial charge < -0.3 is 15.0 Å². The van der Waals surface area contributed by atoms with Crippen molar-refractivity contribution in [3.8, 4) is 0 Å². The number of nitrogens with zero attached hydrogens (tertiary/aromatic N) is 1. The van der Waals surface area contributed by atoms with Gasteiger partial charge in [0.2, 0.25) is 0 Å². The highest BCUT2D eigenvalue weighted by molar-refractivity contribution is 4.72. The van der Waals surface area contributed by atoms with Gasteiger partial charge >= 0.3 is 0 Å². The Morgan fingerprint density at radius 1 is 1.29 bits per heavy atom. The molecule has 0 atom stereocenters. The van der Waals surface area contributed by atoms with Crippen LogP contribution in [0, 0.1) is 11.8 Å². The Kier molecular flexibility index (Phi) is 7.82. The third kappa shape index (κ3) is 7.02. The van der Waals surface area contributed by atoms with E-state index >= 15 is 0 Å².